The Bertz CT molecular complexity index is 598. The van der Waals surface area contributed by atoms with Crippen LogP contribution in [-0.4, -0.2) is 48.0 Å². The first-order chi connectivity index (χ1) is 10.7. The van der Waals surface area contributed by atoms with E-state index in [0.29, 0.717) is 18.4 Å². The number of nitrogens with zero attached hydrogens (tertiary/aromatic N) is 1. The Kier molecular flexibility index (Phi) is 6.86. The Labute approximate surface area is 146 Å². The maximum absolute atomic E-state index is 13.0. The first-order valence-electron chi connectivity index (χ1n) is 7.26. The average Bonchev–Trinajstić information content (AvgIpc) is 2.50. The summed E-state index contributed by atoms with van der Waals surface area (Å²) in [6.07, 6.45) is 1.25. The van der Waals surface area contributed by atoms with Crippen LogP contribution in [0, 0.1) is 0 Å². The van der Waals surface area contributed by atoms with E-state index in [4.69, 9.17) is 33.0 Å². The second-order valence-electron chi connectivity index (χ2n) is 5.38. The van der Waals surface area contributed by atoms with Gasteiger partial charge in [-0.1, -0.05) is 37.0 Å². The number of ether oxygens (including phenoxy) is 1. The van der Waals surface area contributed by atoms with Crippen molar-refractivity contribution in [2.24, 2.45) is 0 Å². The summed E-state index contributed by atoms with van der Waals surface area (Å²) in [5.74, 6) is -1.11. The van der Waals surface area contributed by atoms with Crippen LogP contribution in [0.5, 0.6) is 5.75 Å². The van der Waals surface area contributed by atoms with Gasteiger partial charge in [-0.25, -0.2) is 4.79 Å². The molecule has 23 heavy (non-hydrogen) atoms. The highest BCUT2D eigenvalue weighted by molar-refractivity contribution is 6.45. The van der Waals surface area contributed by atoms with E-state index in [-0.39, 0.29) is 21.6 Å². The van der Waals surface area contributed by atoms with Crippen LogP contribution in [0.2, 0.25) is 10.0 Å². The van der Waals surface area contributed by atoms with Crippen molar-refractivity contribution < 1.29 is 19.4 Å². The summed E-state index contributed by atoms with van der Waals surface area (Å²) in [6.45, 7) is 3.36. The van der Waals surface area contributed by atoms with Gasteiger partial charge in [-0.2, -0.15) is 0 Å². The number of rotatable bonds is 8. The zero-order valence-corrected chi connectivity index (χ0v) is 15.2. The van der Waals surface area contributed by atoms with Gasteiger partial charge in [0.1, 0.15) is 10.8 Å². The van der Waals surface area contributed by atoms with Crippen molar-refractivity contribution in [2.45, 2.75) is 32.2 Å². The molecule has 0 heterocycles. The summed E-state index contributed by atoms with van der Waals surface area (Å²) in [7, 11) is 3.70. The number of carbonyl (C=O) groups is 2. The molecule has 0 amide bonds. The summed E-state index contributed by atoms with van der Waals surface area (Å²) < 4.78 is 5.06. The molecule has 0 aliphatic carbocycles. The van der Waals surface area contributed by atoms with Crippen molar-refractivity contribution in [2.75, 3.05) is 20.7 Å². The SMILES string of the molecule is CCC(CC)(C(=O)c1ccc(OCC(=O)O)c(Cl)c1Cl)N(C)C. The van der Waals surface area contributed by atoms with Crippen LogP contribution in [0.4, 0.5) is 0 Å². The number of carboxylic acids is 1. The minimum atomic E-state index is -1.12. The number of aliphatic carboxylic acids is 1. The molecular formula is C16H21Cl2NO4. The molecule has 7 heteroatoms. The molecular weight excluding hydrogens is 341 g/mol. The molecule has 1 aromatic rings. The van der Waals surface area contributed by atoms with Crippen LogP contribution in [0.1, 0.15) is 37.0 Å². The minimum absolute atomic E-state index is 0.0404. The van der Waals surface area contributed by atoms with E-state index < -0.39 is 18.1 Å². The van der Waals surface area contributed by atoms with Crippen LogP contribution in [-0.2, 0) is 4.79 Å². The van der Waals surface area contributed by atoms with Gasteiger partial charge in [0, 0.05) is 5.56 Å². The molecule has 0 bridgehead atoms. The van der Waals surface area contributed by atoms with Gasteiger partial charge >= 0.3 is 5.97 Å². The van der Waals surface area contributed by atoms with Gasteiger partial charge in [-0.15, -0.1) is 0 Å². The van der Waals surface area contributed by atoms with E-state index in [9.17, 15) is 9.59 Å². The lowest BCUT2D eigenvalue weighted by atomic mass is 9.83. The summed E-state index contributed by atoms with van der Waals surface area (Å²) in [5.41, 5.74) is -0.368. The van der Waals surface area contributed by atoms with Gasteiger partial charge in [0.15, 0.2) is 12.4 Å². The Morgan fingerprint density at radius 3 is 2.17 bits per heavy atom. The zero-order valence-electron chi connectivity index (χ0n) is 13.7. The molecule has 0 radical (unpaired) electrons. The molecule has 128 valence electrons. The molecule has 0 fully saturated rings. The van der Waals surface area contributed by atoms with Crippen LogP contribution < -0.4 is 4.74 Å². The minimum Gasteiger partial charge on any atom is -0.480 e. The van der Waals surface area contributed by atoms with Crippen molar-refractivity contribution in [3.63, 3.8) is 0 Å². The Morgan fingerprint density at radius 1 is 1.17 bits per heavy atom. The number of hydrogen-bond donors (Lipinski definition) is 1. The van der Waals surface area contributed by atoms with E-state index >= 15 is 0 Å². The van der Waals surface area contributed by atoms with Gasteiger partial charge in [0.05, 0.1) is 10.6 Å². The predicted octanol–water partition coefficient (Wildman–Crippen LogP) is 3.76. The maximum Gasteiger partial charge on any atom is 0.341 e. The van der Waals surface area contributed by atoms with Crippen molar-refractivity contribution in [1.82, 2.24) is 4.90 Å². The molecule has 0 saturated carbocycles. The van der Waals surface area contributed by atoms with Crippen LogP contribution in [0.25, 0.3) is 0 Å². The summed E-state index contributed by atoms with van der Waals surface area (Å²) >= 11 is 12.4. The lowest BCUT2D eigenvalue weighted by Gasteiger charge is -2.37. The molecule has 0 atom stereocenters. The lowest BCUT2D eigenvalue weighted by molar-refractivity contribution is -0.139. The van der Waals surface area contributed by atoms with Gasteiger partial charge in [0.2, 0.25) is 0 Å². The van der Waals surface area contributed by atoms with Gasteiger partial charge in [-0.05, 0) is 39.1 Å². The molecule has 0 unspecified atom stereocenters. The van der Waals surface area contributed by atoms with E-state index in [2.05, 4.69) is 0 Å². The lowest BCUT2D eigenvalue weighted by Crippen LogP contribution is -2.50. The van der Waals surface area contributed by atoms with Crippen LogP contribution in [0.15, 0.2) is 12.1 Å². The molecule has 5 nitrogen and oxygen atoms in total. The number of hydrogen-bond acceptors (Lipinski definition) is 4. The number of Topliss-reactive ketones (excluding diaryl/α,β-unsaturated/α-hetero) is 1. The number of ketones is 1. The van der Waals surface area contributed by atoms with Crippen LogP contribution >= 0.6 is 23.2 Å². The first kappa shape index (κ1) is 19.7. The third kappa shape index (κ3) is 3.97. The highest BCUT2D eigenvalue weighted by Gasteiger charge is 2.39. The fraction of sp³-hybridized carbons (Fsp3) is 0.500. The molecule has 1 aromatic carbocycles. The van der Waals surface area contributed by atoms with E-state index in [1.807, 2.05) is 32.8 Å². The highest BCUT2D eigenvalue weighted by Crippen LogP contribution is 2.38. The normalized spacial score (nSPS) is 11.6. The molecule has 0 spiro atoms. The highest BCUT2D eigenvalue weighted by atomic mass is 35.5. The van der Waals surface area contributed by atoms with Gasteiger partial charge in [-0.3, -0.25) is 9.69 Å². The topological polar surface area (TPSA) is 66.8 Å². The fourth-order valence-electron chi connectivity index (χ4n) is 2.62. The molecule has 0 aliphatic heterocycles. The Hall–Kier alpha value is -1.30. The standard InChI is InChI=1S/C16H21Cl2NO4/c1-5-16(6-2,19(3)4)15(22)10-7-8-11(14(18)13(10)17)23-9-12(20)21/h7-8H,5-6,9H2,1-4H3,(H,20,21). The van der Waals surface area contributed by atoms with Gasteiger partial charge < -0.3 is 9.84 Å². The third-order valence-electron chi connectivity index (χ3n) is 4.09. The fourth-order valence-corrected chi connectivity index (χ4v) is 3.08. The van der Waals surface area contributed by atoms with Crippen molar-refractivity contribution in [1.29, 1.82) is 0 Å². The molecule has 1 rings (SSSR count). The summed E-state index contributed by atoms with van der Waals surface area (Å²) in [5, 5.41) is 8.77. The quantitative estimate of drug-likeness (QED) is 0.714. The third-order valence-corrected chi connectivity index (χ3v) is 4.96. The van der Waals surface area contributed by atoms with Crippen molar-refractivity contribution in [3.8, 4) is 5.75 Å². The molecule has 1 N–H and O–H groups in total. The second kappa shape index (κ2) is 7.99. The number of benzene rings is 1. The molecule has 0 saturated heterocycles. The number of halogens is 2. The number of carboxylic acid groups (broad SMARTS) is 1. The Balaban J connectivity index is 3.26. The maximum atomic E-state index is 13.0. The first-order valence-corrected chi connectivity index (χ1v) is 8.01. The monoisotopic (exact) mass is 361 g/mol. The number of carbonyl (C=O) groups excluding carboxylic acids is 1. The Morgan fingerprint density at radius 2 is 1.74 bits per heavy atom. The van der Waals surface area contributed by atoms with Gasteiger partial charge in [0.25, 0.3) is 0 Å². The molecule has 0 aromatic heterocycles. The summed E-state index contributed by atoms with van der Waals surface area (Å²) in [6, 6.07) is 2.99. The van der Waals surface area contributed by atoms with E-state index in [1.165, 1.54) is 12.1 Å². The smallest absolute Gasteiger partial charge is 0.341 e. The largest absolute Gasteiger partial charge is 0.480 e. The van der Waals surface area contributed by atoms with E-state index in [1.54, 1.807) is 0 Å². The van der Waals surface area contributed by atoms with Crippen molar-refractivity contribution in [3.05, 3.63) is 27.7 Å². The average molecular weight is 362 g/mol. The van der Waals surface area contributed by atoms with Crippen LogP contribution in [0.3, 0.4) is 0 Å². The summed E-state index contributed by atoms with van der Waals surface area (Å²) in [4.78, 5) is 25.5. The second-order valence-corrected chi connectivity index (χ2v) is 6.14. The van der Waals surface area contributed by atoms with Crippen molar-refractivity contribution >= 4 is 35.0 Å². The molecule has 0 aliphatic rings. The predicted molar refractivity (Wildman–Crippen MR) is 90.9 cm³/mol. The van der Waals surface area contributed by atoms with E-state index in [0.717, 1.165) is 0 Å². The zero-order chi connectivity index (χ0) is 17.8. The number of likely N-dealkylation sites (N-methyl/N-ethyl adjacent to an activating group) is 1.